The molecule has 0 fully saturated rings. The van der Waals surface area contributed by atoms with Crippen molar-refractivity contribution in [3.63, 3.8) is 0 Å². The summed E-state index contributed by atoms with van der Waals surface area (Å²) < 4.78 is 0. The normalized spacial score (nSPS) is 11.6. The molecule has 1 amide bonds. The van der Waals surface area contributed by atoms with Crippen LogP contribution in [0.1, 0.15) is 23.7 Å². The zero-order chi connectivity index (χ0) is 14.6. The molecule has 4 heteroatoms. The molecule has 20 heavy (non-hydrogen) atoms. The number of carbonyl (C=O) groups is 1. The van der Waals surface area contributed by atoms with Crippen LogP contribution in [0.15, 0.2) is 42.5 Å². The minimum absolute atomic E-state index is 0.285. The van der Waals surface area contributed by atoms with Crippen LogP contribution in [0.5, 0.6) is 0 Å². The first-order valence-electron chi connectivity index (χ1n) is 6.68. The molecule has 2 rings (SSSR count). The summed E-state index contributed by atoms with van der Waals surface area (Å²) in [5, 5.41) is 23.4. The molecule has 2 aromatic carbocycles. The molecule has 0 unspecified atom stereocenters. The van der Waals surface area contributed by atoms with Crippen LogP contribution in [-0.4, -0.2) is 34.9 Å². The third-order valence-electron chi connectivity index (χ3n) is 3.70. The van der Waals surface area contributed by atoms with Crippen LogP contribution < -0.4 is 5.32 Å². The molecule has 106 valence electrons. The molecular weight excluding hydrogens is 254 g/mol. The average Bonchev–Trinajstić information content (AvgIpc) is 2.52. The second-order valence-corrected chi connectivity index (χ2v) is 4.93. The number of benzene rings is 2. The molecule has 0 bridgehead atoms. The molecule has 0 saturated heterocycles. The van der Waals surface area contributed by atoms with Gasteiger partial charge in [-0.05, 0) is 23.3 Å². The summed E-state index contributed by atoms with van der Waals surface area (Å²) in [7, 11) is 0. The Bertz CT molecular complexity index is 592. The average molecular weight is 273 g/mol. The molecule has 3 N–H and O–H groups in total. The highest BCUT2D eigenvalue weighted by molar-refractivity contribution is 6.07. The topological polar surface area (TPSA) is 69.6 Å². The van der Waals surface area contributed by atoms with E-state index < -0.39 is 5.54 Å². The summed E-state index contributed by atoms with van der Waals surface area (Å²) in [6.07, 6.45) is 0.455. The maximum atomic E-state index is 12.4. The number of amides is 1. The maximum absolute atomic E-state index is 12.4. The Morgan fingerprint density at radius 2 is 1.75 bits per heavy atom. The van der Waals surface area contributed by atoms with E-state index >= 15 is 0 Å². The number of fused-ring (bicyclic) bond motifs is 1. The fourth-order valence-electron chi connectivity index (χ4n) is 2.17. The highest BCUT2D eigenvalue weighted by Gasteiger charge is 2.29. The second kappa shape index (κ2) is 6.03. The third kappa shape index (κ3) is 2.66. The fourth-order valence-corrected chi connectivity index (χ4v) is 2.17. The molecule has 0 atom stereocenters. The summed E-state index contributed by atoms with van der Waals surface area (Å²) in [6, 6.07) is 13.1. The fraction of sp³-hybridized carbons (Fsp3) is 0.312. The molecule has 2 aromatic rings. The molecule has 0 heterocycles. The third-order valence-corrected chi connectivity index (χ3v) is 3.70. The lowest BCUT2D eigenvalue weighted by Crippen LogP contribution is -2.53. The molecule has 0 aliphatic rings. The zero-order valence-corrected chi connectivity index (χ0v) is 11.5. The number of rotatable bonds is 5. The van der Waals surface area contributed by atoms with Crippen molar-refractivity contribution < 1.29 is 15.0 Å². The molecule has 0 aromatic heterocycles. The Kier molecular flexibility index (Phi) is 4.37. The van der Waals surface area contributed by atoms with E-state index in [-0.39, 0.29) is 19.1 Å². The van der Waals surface area contributed by atoms with Crippen molar-refractivity contribution in [2.24, 2.45) is 0 Å². The summed E-state index contributed by atoms with van der Waals surface area (Å²) >= 11 is 0. The predicted molar refractivity (Wildman–Crippen MR) is 78.6 cm³/mol. The van der Waals surface area contributed by atoms with Gasteiger partial charge in [-0.15, -0.1) is 0 Å². The van der Waals surface area contributed by atoms with E-state index in [1.807, 2.05) is 43.3 Å². The summed E-state index contributed by atoms with van der Waals surface area (Å²) in [5.41, 5.74) is -0.434. The number of aliphatic hydroxyl groups is 2. The zero-order valence-electron chi connectivity index (χ0n) is 11.5. The monoisotopic (exact) mass is 273 g/mol. The van der Waals surface area contributed by atoms with Crippen LogP contribution in [0, 0.1) is 0 Å². The number of nitrogens with one attached hydrogen (secondary N) is 1. The van der Waals surface area contributed by atoms with Gasteiger partial charge in [0.25, 0.3) is 5.91 Å². The van der Waals surface area contributed by atoms with Gasteiger partial charge in [0.05, 0.1) is 18.8 Å². The van der Waals surface area contributed by atoms with E-state index in [1.165, 1.54) is 0 Å². The van der Waals surface area contributed by atoms with Crippen LogP contribution in [0.2, 0.25) is 0 Å². The van der Waals surface area contributed by atoms with Crippen molar-refractivity contribution in [2.75, 3.05) is 13.2 Å². The SMILES string of the molecule is CCC(CO)(CO)NC(=O)c1cccc2ccccc12. The van der Waals surface area contributed by atoms with E-state index in [0.29, 0.717) is 12.0 Å². The Labute approximate surface area is 118 Å². The van der Waals surface area contributed by atoms with Crippen molar-refractivity contribution in [2.45, 2.75) is 18.9 Å². The first kappa shape index (κ1) is 14.5. The number of hydrogen-bond donors (Lipinski definition) is 3. The van der Waals surface area contributed by atoms with E-state index in [2.05, 4.69) is 5.32 Å². The van der Waals surface area contributed by atoms with Crippen molar-refractivity contribution in [3.05, 3.63) is 48.0 Å². The van der Waals surface area contributed by atoms with E-state index in [4.69, 9.17) is 0 Å². The Morgan fingerprint density at radius 1 is 1.10 bits per heavy atom. The second-order valence-electron chi connectivity index (χ2n) is 4.93. The van der Waals surface area contributed by atoms with Gasteiger partial charge in [-0.1, -0.05) is 43.3 Å². The van der Waals surface area contributed by atoms with Gasteiger partial charge < -0.3 is 15.5 Å². The highest BCUT2D eigenvalue weighted by atomic mass is 16.3. The standard InChI is InChI=1S/C16H19NO3/c1-2-16(10-18,11-19)17-15(20)14-9-5-7-12-6-3-4-8-13(12)14/h3-9,18-19H,2,10-11H2,1H3,(H,17,20). The summed E-state index contributed by atoms with van der Waals surface area (Å²) in [6.45, 7) is 1.23. The molecule has 0 radical (unpaired) electrons. The van der Waals surface area contributed by atoms with Crippen LogP contribution in [-0.2, 0) is 0 Å². The minimum atomic E-state index is -0.978. The van der Waals surface area contributed by atoms with Gasteiger partial charge in [0, 0.05) is 5.56 Å². The van der Waals surface area contributed by atoms with E-state index in [0.717, 1.165) is 10.8 Å². The first-order valence-corrected chi connectivity index (χ1v) is 6.68. The Balaban J connectivity index is 2.37. The molecule has 4 nitrogen and oxygen atoms in total. The van der Waals surface area contributed by atoms with Gasteiger partial charge in [-0.25, -0.2) is 0 Å². The summed E-state index contributed by atoms with van der Waals surface area (Å²) in [5.74, 6) is -0.285. The first-order chi connectivity index (χ1) is 9.65. The van der Waals surface area contributed by atoms with Crippen LogP contribution in [0.3, 0.4) is 0 Å². The highest BCUT2D eigenvalue weighted by Crippen LogP contribution is 2.19. The molecule has 0 aliphatic heterocycles. The van der Waals surface area contributed by atoms with Crippen LogP contribution in [0.4, 0.5) is 0 Å². The number of hydrogen-bond acceptors (Lipinski definition) is 3. The minimum Gasteiger partial charge on any atom is -0.394 e. The van der Waals surface area contributed by atoms with Gasteiger partial charge in [0.15, 0.2) is 0 Å². The van der Waals surface area contributed by atoms with Crippen molar-refractivity contribution in [1.82, 2.24) is 5.32 Å². The van der Waals surface area contributed by atoms with Gasteiger partial charge in [0.1, 0.15) is 0 Å². The largest absolute Gasteiger partial charge is 0.394 e. The molecule has 0 saturated carbocycles. The van der Waals surface area contributed by atoms with Crippen molar-refractivity contribution in [1.29, 1.82) is 0 Å². The number of aliphatic hydroxyl groups excluding tert-OH is 2. The van der Waals surface area contributed by atoms with Crippen LogP contribution >= 0.6 is 0 Å². The van der Waals surface area contributed by atoms with Gasteiger partial charge in [-0.3, -0.25) is 4.79 Å². The van der Waals surface area contributed by atoms with Crippen molar-refractivity contribution in [3.8, 4) is 0 Å². The number of carbonyl (C=O) groups excluding carboxylic acids is 1. The quantitative estimate of drug-likeness (QED) is 0.776. The summed E-state index contributed by atoms with van der Waals surface area (Å²) in [4.78, 5) is 12.4. The smallest absolute Gasteiger partial charge is 0.252 e. The van der Waals surface area contributed by atoms with E-state index in [9.17, 15) is 15.0 Å². The van der Waals surface area contributed by atoms with Crippen LogP contribution in [0.25, 0.3) is 10.8 Å². The molecular formula is C16H19NO3. The van der Waals surface area contributed by atoms with E-state index in [1.54, 1.807) is 6.07 Å². The molecule has 0 aliphatic carbocycles. The lowest BCUT2D eigenvalue weighted by molar-refractivity contribution is 0.0654. The van der Waals surface area contributed by atoms with Gasteiger partial charge in [0.2, 0.25) is 0 Å². The molecule has 0 spiro atoms. The van der Waals surface area contributed by atoms with Gasteiger partial charge in [-0.2, -0.15) is 0 Å². The predicted octanol–water partition coefficient (Wildman–Crippen LogP) is 1.70. The Hall–Kier alpha value is -1.91. The lowest BCUT2D eigenvalue weighted by atomic mass is 9.96. The Morgan fingerprint density at radius 3 is 2.40 bits per heavy atom. The van der Waals surface area contributed by atoms with Crippen molar-refractivity contribution >= 4 is 16.7 Å². The lowest BCUT2D eigenvalue weighted by Gasteiger charge is -2.29. The van der Waals surface area contributed by atoms with Gasteiger partial charge >= 0.3 is 0 Å². The maximum Gasteiger partial charge on any atom is 0.252 e.